The van der Waals surface area contributed by atoms with E-state index >= 15 is 0 Å². The van der Waals surface area contributed by atoms with E-state index in [9.17, 15) is 18.0 Å². The number of aromatic nitrogens is 1. The fourth-order valence-corrected chi connectivity index (χ4v) is 0.972. The molecule has 0 spiro atoms. The quantitative estimate of drug-likeness (QED) is 0.728. The van der Waals surface area contributed by atoms with Crippen LogP contribution >= 0.6 is 0 Å². The van der Waals surface area contributed by atoms with Crippen LogP contribution in [0.15, 0.2) is 12.1 Å². The molecule has 0 fully saturated rings. The molecule has 0 aliphatic heterocycles. The van der Waals surface area contributed by atoms with Crippen molar-refractivity contribution in [2.45, 2.75) is 12.8 Å². The highest BCUT2D eigenvalue weighted by atomic mass is 19.3. The molecule has 0 bridgehead atoms. The van der Waals surface area contributed by atoms with Crippen LogP contribution in [0.4, 0.5) is 13.2 Å². The zero-order valence-corrected chi connectivity index (χ0v) is 7.84. The number of pyridine rings is 1. The molecular formula is C9H8F3NO2. The average Bonchev–Trinajstić information content (AvgIpc) is 2.20. The second kappa shape index (κ2) is 4.77. The van der Waals surface area contributed by atoms with Gasteiger partial charge in [0.15, 0.2) is 5.82 Å². The number of ether oxygens (including phenoxy) is 1. The Morgan fingerprint density at radius 1 is 1.53 bits per heavy atom. The van der Waals surface area contributed by atoms with Crippen molar-refractivity contribution in [3.05, 3.63) is 29.3 Å². The lowest BCUT2D eigenvalue weighted by Crippen LogP contribution is -2.08. The molecule has 1 aromatic heterocycles. The summed E-state index contributed by atoms with van der Waals surface area (Å²) in [6, 6.07) is 2.02. The summed E-state index contributed by atoms with van der Waals surface area (Å²) in [4.78, 5) is 14.1. The Morgan fingerprint density at radius 2 is 2.20 bits per heavy atom. The van der Waals surface area contributed by atoms with Gasteiger partial charge in [0, 0.05) is 0 Å². The number of esters is 1. The van der Waals surface area contributed by atoms with Gasteiger partial charge in [0.25, 0.3) is 6.43 Å². The van der Waals surface area contributed by atoms with Gasteiger partial charge >= 0.3 is 5.97 Å². The fourth-order valence-electron chi connectivity index (χ4n) is 0.972. The Labute approximate surface area is 83.9 Å². The first-order valence-corrected chi connectivity index (χ1v) is 4.05. The van der Waals surface area contributed by atoms with Crippen LogP contribution in [0.5, 0.6) is 0 Å². The minimum atomic E-state index is -3.00. The number of halogens is 3. The van der Waals surface area contributed by atoms with Crippen LogP contribution in [0.3, 0.4) is 0 Å². The maximum absolute atomic E-state index is 12.8. The number of carbonyl (C=O) groups excluding carboxylic acids is 1. The van der Waals surface area contributed by atoms with Crippen molar-refractivity contribution in [1.29, 1.82) is 0 Å². The maximum Gasteiger partial charge on any atom is 0.311 e. The zero-order chi connectivity index (χ0) is 11.4. The van der Waals surface area contributed by atoms with Crippen molar-refractivity contribution < 1.29 is 22.7 Å². The van der Waals surface area contributed by atoms with Crippen molar-refractivity contribution in [3.8, 4) is 0 Å². The number of hydrogen-bond acceptors (Lipinski definition) is 3. The highest BCUT2D eigenvalue weighted by molar-refractivity contribution is 5.71. The summed E-state index contributed by atoms with van der Waals surface area (Å²) in [6.45, 7) is 0. The lowest BCUT2D eigenvalue weighted by Gasteiger charge is -2.04. The highest BCUT2D eigenvalue weighted by Crippen LogP contribution is 2.20. The maximum atomic E-state index is 12.8. The number of rotatable bonds is 3. The molecule has 0 amide bonds. The minimum Gasteiger partial charge on any atom is -0.469 e. The summed E-state index contributed by atoms with van der Waals surface area (Å²) in [5.74, 6) is -1.70. The summed E-state index contributed by atoms with van der Waals surface area (Å²) in [5, 5.41) is 0. The molecule has 0 N–H and O–H groups in total. The standard InChI is InChI=1S/C9H8F3NO2/c1-15-7(14)4-5-2-3-6(10)8(13-5)9(11)12/h2-3,9H,4H2,1H3. The number of hydrogen-bond donors (Lipinski definition) is 0. The van der Waals surface area contributed by atoms with Crippen LogP contribution in [0.25, 0.3) is 0 Å². The first-order valence-electron chi connectivity index (χ1n) is 4.05. The molecule has 1 heterocycles. The largest absolute Gasteiger partial charge is 0.469 e. The van der Waals surface area contributed by atoms with Crippen molar-refractivity contribution in [3.63, 3.8) is 0 Å². The first kappa shape index (κ1) is 11.5. The molecule has 0 saturated heterocycles. The van der Waals surface area contributed by atoms with Crippen molar-refractivity contribution in [2.24, 2.45) is 0 Å². The van der Waals surface area contributed by atoms with E-state index in [0.29, 0.717) is 0 Å². The molecule has 0 atom stereocenters. The van der Waals surface area contributed by atoms with Gasteiger partial charge in [-0.2, -0.15) is 0 Å². The van der Waals surface area contributed by atoms with Gasteiger partial charge in [-0.25, -0.2) is 18.2 Å². The Kier molecular flexibility index (Phi) is 3.65. The lowest BCUT2D eigenvalue weighted by atomic mass is 10.2. The van der Waals surface area contributed by atoms with Gasteiger partial charge in [0.2, 0.25) is 0 Å². The van der Waals surface area contributed by atoms with Crippen LogP contribution in [0.2, 0.25) is 0 Å². The Morgan fingerprint density at radius 3 is 2.73 bits per heavy atom. The number of methoxy groups -OCH3 is 1. The van der Waals surface area contributed by atoms with E-state index in [-0.39, 0.29) is 12.1 Å². The van der Waals surface area contributed by atoms with Gasteiger partial charge in [0.1, 0.15) is 5.69 Å². The van der Waals surface area contributed by atoms with E-state index in [1.165, 1.54) is 7.11 Å². The number of nitrogens with zero attached hydrogens (tertiary/aromatic N) is 1. The normalized spacial score (nSPS) is 10.5. The summed E-state index contributed by atoms with van der Waals surface area (Å²) < 4.78 is 41.5. The van der Waals surface area contributed by atoms with Crippen LogP contribution in [-0.4, -0.2) is 18.1 Å². The first-order chi connectivity index (χ1) is 7.04. The van der Waals surface area contributed by atoms with Crippen LogP contribution in [-0.2, 0) is 16.0 Å². The van der Waals surface area contributed by atoms with E-state index in [2.05, 4.69) is 9.72 Å². The Bertz CT molecular complexity index is 368. The molecule has 1 rings (SSSR count). The molecule has 0 aliphatic rings. The zero-order valence-electron chi connectivity index (χ0n) is 7.84. The van der Waals surface area contributed by atoms with Crippen LogP contribution in [0.1, 0.15) is 17.8 Å². The minimum absolute atomic E-state index is 0.0542. The van der Waals surface area contributed by atoms with Crippen LogP contribution < -0.4 is 0 Å². The third kappa shape index (κ3) is 2.93. The second-order valence-electron chi connectivity index (χ2n) is 2.72. The molecule has 0 aliphatic carbocycles. The molecule has 6 heteroatoms. The molecule has 0 unspecified atom stereocenters. The molecule has 1 aromatic rings. The molecule has 0 radical (unpaired) electrons. The van der Waals surface area contributed by atoms with Gasteiger partial charge in [-0.1, -0.05) is 0 Å². The van der Waals surface area contributed by atoms with Gasteiger partial charge < -0.3 is 4.74 Å². The highest BCUT2D eigenvalue weighted by Gasteiger charge is 2.16. The average molecular weight is 219 g/mol. The SMILES string of the molecule is COC(=O)Cc1ccc(F)c(C(F)F)n1. The molecular weight excluding hydrogens is 211 g/mol. The van der Waals surface area contributed by atoms with Crippen LogP contribution in [0, 0.1) is 5.82 Å². The Balaban J connectivity index is 2.92. The molecule has 82 valence electrons. The van der Waals surface area contributed by atoms with Crippen molar-refractivity contribution in [1.82, 2.24) is 4.98 Å². The molecule has 0 saturated carbocycles. The summed E-state index contributed by atoms with van der Waals surface area (Å²) in [6.07, 6.45) is -3.25. The van der Waals surface area contributed by atoms with E-state index < -0.39 is 23.9 Å². The second-order valence-corrected chi connectivity index (χ2v) is 2.72. The fraction of sp³-hybridized carbons (Fsp3) is 0.333. The predicted molar refractivity (Wildman–Crippen MR) is 44.9 cm³/mol. The Hall–Kier alpha value is -1.59. The smallest absolute Gasteiger partial charge is 0.311 e. The lowest BCUT2D eigenvalue weighted by molar-refractivity contribution is -0.139. The van der Waals surface area contributed by atoms with Gasteiger partial charge in [-0.15, -0.1) is 0 Å². The number of alkyl halides is 2. The molecule has 0 aromatic carbocycles. The number of carbonyl (C=O) groups is 1. The third-order valence-electron chi connectivity index (χ3n) is 1.69. The third-order valence-corrected chi connectivity index (χ3v) is 1.69. The van der Waals surface area contributed by atoms with Crippen molar-refractivity contribution in [2.75, 3.05) is 7.11 Å². The topological polar surface area (TPSA) is 39.2 Å². The van der Waals surface area contributed by atoms with Gasteiger partial charge in [0.05, 0.1) is 19.2 Å². The van der Waals surface area contributed by atoms with E-state index in [1.54, 1.807) is 0 Å². The van der Waals surface area contributed by atoms with Gasteiger partial charge in [-0.05, 0) is 12.1 Å². The monoisotopic (exact) mass is 219 g/mol. The summed E-state index contributed by atoms with van der Waals surface area (Å²) in [5.41, 5.74) is -0.894. The van der Waals surface area contributed by atoms with E-state index in [4.69, 9.17) is 0 Å². The molecule has 3 nitrogen and oxygen atoms in total. The molecule has 15 heavy (non-hydrogen) atoms. The van der Waals surface area contributed by atoms with E-state index in [0.717, 1.165) is 12.1 Å². The van der Waals surface area contributed by atoms with E-state index in [1.807, 2.05) is 0 Å². The van der Waals surface area contributed by atoms with Crippen molar-refractivity contribution >= 4 is 5.97 Å². The van der Waals surface area contributed by atoms with Gasteiger partial charge in [-0.3, -0.25) is 4.79 Å². The summed E-state index contributed by atoms with van der Waals surface area (Å²) >= 11 is 0. The summed E-state index contributed by atoms with van der Waals surface area (Å²) in [7, 11) is 1.17. The predicted octanol–water partition coefficient (Wildman–Crippen LogP) is 1.87.